The fourth-order valence-corrected chi connectivity index (χ4v) is 2.24. The van der Waals surface area contributed by atoms with Crippen LogP contribution in [0.3, 0.4) is 0 Å². The highest BCUT2D eigenvalue weighted by molar-refractivity contribution is 5.66. The van der Waals surface area contributed by atoms with Gasteiger partial charge in [0.1, 0.15) is 0 Å². The maximum atomic E-state index is 10.6. The lowest BCUT2D eigenvalue weighted by Gasteiger charge is -2.33. The van der Waals surface area contributed by atoms with Gasteiger partial charge >= 0.3 is 5.97 Å². The Morgan fingerprint density at radius 2 is 1.86 bits per heavy atom. The van der Waals surface area contributed by atoms with Crippen LogP contribution in [0.4, 0.5) is 0 Å². The second kappa shape index (κ2) is 6.53. The SMILES string of the molecule is CC(C)(C)c1noc(CN2CCN(CCC(=O)O)CC2)n1. The molecule has 0 unspecified atom stereocenters. The van der Waals surface area contributed by atoms with E-state index in [9.17, 15) is 4.79 Å². The van der Waals surface area contributed by atoms with Gasteiger partial charge in [-0.1, -0.05) is 25.9 Å². The van der Waals surface area contributed by atoms with Gasteiger partial charge in [-0.15, -0.1) is 0 Å². The summed E-state index contributed by atoms with van der Waals surface area (Å²) in [6, 6.07) is 0. The molecule has 0 aliphatic carbocycles. The molecule has 0 amide bonds. The van der Waals surface area contributed by atoms with Crippen LogP contribution in [0.1, 0.15) is 38.9 Å². The first-order chi connectivity index (χ1) is 9.84. The van der Waals surface area contributed by atoms with Crippen LogP contribution in [-0.4, -0.2) is 63.7 Å². The Kier molecular flexibility index (Phi) is 4.95. The maximum absolute atomic E-state index is 10.6. The van der Waals surface area contributed by atoms with Crippen molar-refractivity contribution in [3.05, 3.63) is 11.7 Å². The molecule has 1 saturated heterocycles. The van der Waals surface area contributed by atoms with Crippen molar-refractivity contribution in [1.82, 2.24) is 19.9 Å². The van der Waals surface area contributed by atoms with Crippen molar-refractivity contribution < 1.29 is 14.4 Å². The summed E-state index contributed by atoms with van der Waals surface area (Å²) in [5.41, 5.74) is -0.0999. The Bertz CT molecular complexity index is 473. The van der Waals surface area contributed by atoms with Gasteiger partial charge in [0.2, 0.25) is 5.89 Å². The molecule has 0 atom stereocenters. The summed E-state index contributed by atoms with van der Waals surface area (Å²) in [6.45, 7) is 11.0. The van der Waals surface area contributed by atoms with E-state index < -0.39 is 5.97 Å². The van der Waals surface area contributed by atoms with Crippen molar-refractivity contribution in [2.45, 2.75) is 39.2 Å². The highest BCUT2D eigenvalue weighted by Gasteiger charge is 2.23. The van der Waals surface area contributed by atoms with E-state index in [0.717, 1.165) is 32.0 Å². The lowest BCUT2D eigenvalue weighted by atomic mass is 9.96. The molecule has 2 heterocycles. The minimum atomic E-state index is -0.738. The van der Waals surface area contributed by atoms with E-state index >= 15 is 0 Å². The number of carboxylic acid groups (broad SMARTS) is 1. The first kappa shape index (κ1) is 15.9. The van der Waals surface area contributed by atoms with Gasteiger partial charge in [-0.3, -0.25) is 9.69 Å². The van der Waals surface area contributed by atoms with Gasteiger partial charge in [-0.25, -0.2) is 0 Å². The molecule has 7 nitrogen and oxygen atoms in total. The predicted molar refractivity (Wildman–Crippen MR) is 77.0 cm³/mol. The minimum absolute atomic E-state index is 0.0999. The number of piperazine rings is 1. The van der Waals surface area contributed by atoms with Gasteiger partial charge in [-0.05, 0) is 0 Å². The lowest BCUT2D eigenvalue weighted by molar-refractivity contribution is -0.137. The Morgan fingerprint density at radius 3 is 2.38 bits per heavy atom. The van der Waals surface area contributed by atoms with Crippen LogP contribution in [0.2, 0.25) is 0 Å². The van der Waals surface area contributed by atoms with E-state index in [0.29, 0.717) is 19.0 Å². The monoisotopic (exact) mass is 296 g/mol. The van der Waals surface area contributed by atoms with E-state index in [1.165, 1.54) is 0 Å². The van der Waals surface area contributed by atoms with Crippen LogP contribution in [0, 0.1) is 0 Å². The number of hydrogen-bond acceptors (Lipinski definition) is 6. The molecule has 0 spiro atoms. The summed E-state index contributed by atoms with van der Waals surface area (Å²) in [4.78, 5) is 19.5. The number of carboxylic acids is 1. The second-order valence-corrected chi connectivity index (χ2v) is 6.52. The zero-order valence-electron chi connectivity index (χ0n) is 13.0. The van der Waals surface area contributed by atoms with Crippen molar-refractivity contribution in [2.75, 3.05) is 32.7 Å². The first-order valence-corrected chi connectivity index (χ1v) is 7.34. The molecular formula is C14H24N4O3. The summed E-state index contributed by atoms with van der Waals surface area (Å²) in [5.74, 6) is 0.648. The maximum Gasteiger partial charge on any atom is 0.304 e. The molecule has 1 aromatic rings. The normalized spacial score (nSPS) is 18.0. The minimum Gasteiger partial charge on any atom is -0.481 e. The Balaban J connectivity index is 1.78. The van der Waals surface area contributed by atoms with E-state index in [1.54, 1.807) is 0 Å². The molecule has 1 aliphatic rings. The molecule has 1 aliphatic heterocycles. The second-order valence-electron chi connectivity index (χ2n) is 6.52. The molecule has 2 rings (SSSR count). The zero-order valence-corrected chi connectivity index (χ0v) is 13.0. The van der Waals surface area contributed by atoms with Crippen LogP contribution in [0.25, 0.3) is 0 Å². The third-order valence-corrected chi connectivity index (χ3v) is 3.60. The van der Waals surface area contributed by atoms with Crippen molar-refractivity contribution in [2.24, 2.45) is 0 Å². The van der Waals surface area contributed by atoms with Gasteiger partial charge in [0.25, 0.3) is 0 Å². The quantitative estimate of drug-likeness (QED) is 0.866. The fourth-order valence-electron chi connectivity index (χ4n) is 2.24. The predicted octanol–water partition coefficient (Wildman–Crippen LogP) is 0.959. The van der Waals surface area contributed by atoms with Crippen LogP contribution in [-0.2, 0) is 16.8 Å². The van der Waals surface area contributed by atoms with Crippen LogP contribution in [0.15, 0.2) is 4.52 Å². The van der Waals surface area contributed by atoms with Crippen LogP contribution >= 0.6 is 0 Å². The fraction of sp³-hybridized carbons (Fsp3) is 0.786. The molecule has 21 heavy (non-hydrogen) atoms. The standard InChI is InChI=1S/C14H24N4O3/c1-14(2,3)13-15-11(21-16-13)10-18-8-6-17(7-9-18)5-4-12(19)20/h4-10H2,1-3H3,(H,19,20). The van der Waals surface area contributed by atoms with Gasteiger partial charge < -0.3 is 14.5 Å². The van der Waals surface area contributed by atoms with E-state index in [1.807, 2.05) is 0 Å². The van der Waals surface area contributed by atoms with E-state index in [4.69, 9.17) is 9.63 Å². The van der Waals surface area contributed by atoms with Crippen molar-refractivity contribution in [3.63, 3.8) is 0 Å². The third kappa shape index (κ3) is 4.78. The van der Waals surface area contributed by atoms with E-state index in [-0.39, 0.29) is 11.8 Å². The number of carbonyl (C=O) groups is 1. The lowest BCUT2D eigenvalue weighted by Crippen LogP contribution is -2.46. The molecule has 1 N–H and O–H groups in total. The summed E-state index contributed by atoms with van der Waals surface area (Å²) >= 11 is 0. The van der Waals surface area contributed by atoms with Crippen LogP contribution < -0.4 is 0 Å². The Hall–Kier alpha value is -1.47. The number of hydrogen-bond donors (Lipinski definition) is 1. The average Bonchev–Trinajstić information content (AvgIpc) is 2.86. The molecular weight excluding hydrogens is 272 g/mol. The number of nitrogens with zero attached hydrogens (tertiary/aromatic N) is 4. The van der Waals surface area contributed by atoms with Gasteiger partial charge in [-0.2, -0.15) is 4.98 Å². The summed E-state index contributed by atoms with van der Waals surface area (Å²) in [6.07, 6.45) is 0.207. The first-order valence-electron chi connectivity index (χ1n) is 7.34. The summed E-state index contributed by atoms with van der Waals surface area (Å²) in [7, 11) is 0. The zero-order chi connectivity index (χ0) is 15.5. The molecule has 0 bridgehead atoms. The largest absolute Gasteiger partial charge is 0.481 e. The molecule has 0 saturated carbocycles. The van der Waals surface area contributed by atoms with Crippen LogP contribution in [0.5, 0.6) is 0 Å². The Labute approximate surface area is 124 Å². The highest BCUT2D eigenvalue weighted by Crippen LogP contribution is 2.19. The molecule has 0 aromatic carbocycles. The van der Waals surface area contributed by atoms with Crippen molar-refractivity contribution in [3.8, 4) is 0 Å². The molecule has 1 fully saturated rings. The molecule has 1 aromatic heterocycles. The van der Waals surface area contributed by atoms with Crippen molar-refractivity contribution in [1.29, 1.82) is 0 Å². The number of aromatic nitrogens is 2. The Morgan fingerprint density at radius 1 is 1.24 bits per heavy atom. The molecule has 118 valence electrons. The average molecular weight is 296 g/mol. The van der Waals surface area contributed by atoms with Gasteiger partial charge in [0.15, 0.2) is 5.82 Å². The summed E-state index contributed by atoms with van der Waals surface area (Å²) < 4.78 is 5.31. The number of aliphatic carboxylic acids is 1. The van der Waals surface area contributed by atoms with E-state index in [2.05, 4.69) is 40.7 Å². The van der Waals surface area contributed by atoms with Gasteiger partial charge in [0.05, 0.1) is 13.0 Å². The molecule has 0 radical (unpaired) electrons. The van der Waals surface area contributed by atoms with Crippen molar-refractivity contribution >= 4 is 5.97 Å². The molecule has 7 heteroatoms. The third-order valence-electron chi connectivity index (χ3n) is 3.60. The highest BCUT2D eigenvalue weighted by atomic mass is 16.5. The summed E-state index contributed by atoms with van der Waals surface area (Å²) in [5, 5.41) is 12.7. The topological polar surface area (TPSA) is 82.7 Å². The smallest absolute Gasteiger partial charge is 0.304 e. The van der Waals surface area contributed by atoms with Gasteiger partial charge in [0, 0.05) is 38.1 Å². The number of rotatable bonds is 5.